The second-order valence-corrected chi connectivity index (χ2v) is 8.54. The van der Waals surface area contributed by atoms with Gasteiger partial charge in [-0.25, -0.2) is 21.6 Å². The molecule has 0 spiro atoms. The molecule has 12 heteroatoms. The highest BCUT2D eigenvalue weighted by atomic mass is 32.2. The predicted molar refractivity (Wildman–Crippen MR) is 104 cm³/mol. The summed E-state index contributed by atoms with van der Waals surface area (Å²) in [7, 11) is -4.29. The highest BCUT2D eigenvalue weighted by Gasteiger charge is 2.46. The number of hydrogen-bond donors (Lipinski definition) is 2. The largest absolute Gasteiger partial charge is 0.352 e. The molecule has 1 aliphatic rings. The Morgan fingerprint density at radius 3 is 2.32 bits per heavy atom. The monoisotopic (exact) mass is 456 g/mol. The van der Waals surface area contributed by atoms with E-state index in [-0.39, 0.29) is 36.6 Å². The molecular formula is C19H19F3N4O4S. The van der Waals surface area contributed by atoms with Gasteiger partial charge in [-0.2, -0.15) is 4.31 Å². The van der Waals surface area contributed by atoms with Gasteiger partial charge in [-0.05, 0) is 42.5 Å². The summed E-state index contributed by atoms with van der Waals surface area (Å²) in [6, 6.07) is 6.46. The molecule has 0 bridgehead atoms. The van der Waals surface area contributed by atoms with Crippen LogP contribution >= 0.6 is 0 Å². The van der Waals surface area contributed by atoms with Gasteiger partial charge in [0.1, 0.15) is 5.82 Å². The molecule has 1 heterocycles. The van der Waals surface area contributed by atoms with Gasteiger partial charge in [-0.3, -0.25) is 9.59 Å². The maximum Gasteiger partial charge on any atom is 0.259 e. The molecule has 1 atom stereocenters. The fraction of sp³-hybridized carbons (Fsp3) is 0.263. The number of nitrogens with zero attached hydrogens (tertiary/aromatic N) is 2. The Kier molecular flexibility index (Phi) is 6.62. The average molecular weight is 456 g/mol. The zero-order valence-electron chi connectivity index (χ0n) is 16.1. The molecule has 8 nitrogen and oxygen atoms in total. The van der Waals surface area contributed by atoms with Crippen LogP contribution in [0.5, 0.6) is 0 Å². The van der Waals surface area contributed by atoms with E-state index in [4.69, 9.17) is 5.73 Å². The van der Waals surface area contributed by atoms with Crippen LogP contribution in [-0.2, 0) is 14.8 Å². The number of benzene rings is 2. The van der Waals surface area contributed by atoms with E-state index in [1.807, 2.05) is 0 Å². The number of amides is 2. The molecule has 3 N–H and O–H groups in total. The molecule has 0 radical (unpaired) electrons. The lowest BCUT2D eigenvalue weighted by atomic mass is 10.2. The number of carbonyl (C=O) groups is 2. The molecule has 166 valence electrons. The van der Waals surface area contributed by atoms with Gasteiger partial charge in [0.25, 0.3) is 11.8 Å². The first kappa shape index (κ1) is 22.7. The summed E-state index contributed by atoms with van der Waals surface area (Å²) in [6.45, 7) is -0.331. The molecule has 1 saturated heterocycles. The Hall–Kier alpha value is -2.96. The molecule has 1 aliphatic heterocycles. The lowest BCUT2D eigenvalue weighted by molar-refractivity contribution is -0.127. The minimum Gasteiger partial charge on any atom is -0.352 e. The van der Waals surface area contributed by atoms with Crippen molar-refractivity contribution in [2.75, 3.05) is 26.2 Å². The van der Waals surface area contributed by atoms with Gasteiger partial charge in [0.05, 0.1) is 4.90 Å². The van der Waals surface area contributed by atoms with Crippen LogP contribution in [0.2, 0.25) is 0 Å². The van der Waals surface area contributed by atoms with Crippen molar-refractivity contribution in [3.8, 4) is 0 Å². The first-order valence-electron chi connectivity index (χ1n) is 9.18. The molecule has 3 rings (SSSR count). The summed E-state index contributed by atoms with van der Waals surface area (Å²) < 4.78 is 67.0. The van der Waals surface area contributed by atoms with Crippen molar-refractivity contribution in [3.63, 3.8) is 0 Å². The lowest BCUT2D eigenvalue weighted by Crippen LogP contribution is -2.54. The van der Waals surface area contributed by atoms with Crippen LogP contribution < -0.4 is 11.1 Å². The summed E-state index contributed by atoms with van der Waals surface area (Å²) in [5.74, 6) is -4.73. The van der Waals surface area contributed by atoms with Crippen LogP contribution in [0, 0.1) is 17.5 Å². The van der Waals surface area contributed by atoms with Gasteiger partial charge in [-0.15, -0.1) is 0 Å². The van der Waals surface area contributed by atoms with Gasteiger partial charge in [0.15, 0.2) is 17.8 Å². The SMILES string of the molecule is NCCNC(=O)C1N(C(=O)c2ccc(F)c(F)c2)CCN1S(=O)(=O)c1ccc(F)cc1. The van der Waals surface area contributed by atoms with Crippen molar-refractivity contribution in [2.24, 2.45) is 5.73 Å². The Balaban J connectivity index is 1.98. The third kappa shape index (κ3) is 4.55. The van der Waals surface area contributed by atoms with Crippen LogP contribution in [0.15, 0.2) is 47.4 Å². The molecule has 2 aromatic carbocycles. The van der Waals surface area contributed by atoms with E-state index >= 15 is 0 Å². The second-order valence-electron chi connectivity index (χ2n) is 6.65. The summed E-state index contributed by atoms with van der Waals surface area (Å²) in [5, 5.41) is 2.44. The first-order chi connectivity index (χ1) is 14.7. The predicted octanol–water partition coefficient (Wildman–Crippen LogP) is 0.652. The number of nitrogens with one attached hydrogen (secondary N) is 1. The minimum absolute atomic E-state index is 0.0208. The second kappa shape index (κ2) is 9.04. The summed E-state index contributed by atoms with van der Waals surface area (Å²) in [6.07, 6.45) is -1.60. The standard InChI is InChI=1S/C19H19F3N4O4S/c20-13-2-4-14(5-3-13)31(29,30)26-10-9-25(18(26)17(27)24-8-7-23)19(28)12-1-6-15(21)16(22)11-12/h1-6,11,18H,7-10,23H2,(H,24,27). The molecule has 0 saturated carbocycles. The highest BCUT2D eigenvalue weighted by molar-refractivity contribution is 7.89. The van der Waals surface area contributed by atoms with Crippen molar-refractivity contribution in [1.82, 2.24) is 14.5 Å². The Morgan fingerprint density at radius 2 is 1.71 bits per heavy atom. The third-order valence-electron chi connectivity index (χ3n) is 4.66. The maximum atomic E-state index is 13.6. The van der Waals surface area contributed by atoms with Crippen LogP contribution in [0.25, 0.3) is 0 Å². The first-order valence-corrected chi connectivity index (χ1v) is 10.6. The molecule has 0 aliphatic carbocycles. The zero-order chi connectivity index (χ0) is 22.8. The van der Waals surface area contributed by atoms with Crippen LogP contribution in [0.4, 0.5) is 13.2 Å². The molecule has 1 unspecified atom stereocenters. The lowest BCUT2D eigenvalue weighted by Gasteiger charge is -2.28. The fourth-order valence-corrected chi connectivity index (χ4v) is 4.71. The van der Waals surface area contributed by atoms with E-state index in [1.54, 1.807) is 0 Å². The van der Waals surface area contributed by atoms with Gasteiger partial charge in [-0.1, -0.05) is 0 Å². The van der Waals surface area contributed by atoms with Gasteiger partial charge in [0, 0.05) is 31.7 Å². The smallest absolute Gasteiger partial charge is 0.259 e. The molecular weight excluding hydrogens is 437 g/mol. The quantitative estimate of drug-likeness (QED) is 0.663. The number of rotatable bonds is 6. The average Bonchev–Trinajstić information content (AvgIpc) is 3.20. The van der Waals surface area contributed by atoms with E-state index in [0.29, 0.717) is 6.07 Å². The van der Waals surface area contributed by atoms with Crippen molar-refractivity contribution < 1.29 is 31.2 Å². The van der Waals surface area contributed by atoms with Crippen LogP contribution in [0.3, 0.4) is 0 Å². The summed E-state index contributed by atoms with van der Waals surface area (Å²) >= 11 is 0. The normalized spacial score (nSPS) is 17.0. The van der Waals surface area contributed by atoms with Crippen molar-refractivity contribution in [3.05, 3.63) is 65.5 Å². The minimum atomic E-state index is -4.29. The van der Waals surface area contributed by atoms with Crippen molar-refractivity contribution in [1.29, 1.82) is 0 Å². The molecule has 1 fully saturated rings. The zero-order valence-corrected chi connectivity index (χ0v) is 16.9. The number of carbonyl (C=O) groups excluding carboxylic acids is 2. The summed E-state index contributed by atoms with van der Waals surface area (Å²) in [4.78, 5) is 26.3. The molecule has 31 heavy (non-hydrogen) atoms. The van der Waals surface area contributed by atoms with E-state index in [9.17, 15) is 31.2 Å². The van der Waals surface area contributed by atoms with Crippen molar-refractivity contribution >= 4 is 21.8 Å². The maximum absolute atomic E-state index is 13.6. The number of nitrogens with two attached hydrogens (primary N) is 1. The van der Waals surface area contributed by atoms with E-state index in [0.717, 1.165) is 45.6 Å². The Morgan fingerprint density at radius 1 is 1.03 bits per heavy atom. The Labute approximate surface area is 176 Å². The van der Waals surface area contributed by atoms with Crippen molar-refractivity contribution in [2.45, 2.75) is 11.1 Å². The van der Waals surface area contributed by atoms with E-state index in [1.165, 1.54) is 0 Å². The molecule has 0 aromatic heterocycles. The van der Waals surface area contributed by atoms with Gasteiger partial charge >= 0.3 is 0 Å². The summed E-state index contributed by atoms with van der Waals surface area (Å²) in [5.41, 5.74) is 5.12. The highest BCUT2D eigenvalue weighted by Crippen LogP contribution is 2.26. The number of halogens is 3. The molecule has 2 amide bonds. The number of sulfonamides is 1. The van der Waals surface area contributed by atoms with Gasteiger partial charge < -0.3 is 16.0 Å². The third-order valence-corrected chi connectivity index (χ3v) is 6.52. The topological polar surface area (TPSA) is 113 Å². The van der Waals surface area contributed by atoms with Gasteiger partial charge in [0.2, 0.25) is 10.0 Å². The van der Waals surface area contributed by atoms with E-state index < -0.39 is 45.5 Å². The van der Waals surface area contributed by atoms with Crippen LogP contribution in [0.1, 0.15) is 10.4 Å². The number of hydrogen-bond acceptors (Lipinski definition) is 5. The van der Waals surface area contributed by atoms with Crippen LogP contribution in [-0.4, -0.2) is 61.8 Å². The fourth-order valence-electron chi connectivity index (χ4n) is 3.17. The Bertz CT molecular complexity index is 1100. The van der Waals surface area contributed by atoms with E-state index in [2.05, 4.69) is 5.32 Å². The molecule has 2 aromatic rings.